The number of amides is 2. The lowest BCUT2D eigenvalue weighted by molar-refractivity contribution is -0.118. The summed E-state index contributed by atoms with van der Waals surface area (Å²) in [6, 6.07) is 6.83. The Hall–Kier alpha value is -3.61. The molecule has 8 rings (SSSR count). The fourth-order valence-corrected chi connectivity index (χ4v) is 8.76. The van der Waals surface area contributed by atoms with Crippen molar-refractivity contribution >= 4 is 40.3 Å². The Bertz CT molecular complexity index is 1680. The first kappa shape index (κ1) is 30.7. The number of carbonyl (C=O) groups is 2. The van der Waals surface area contributed by atoms with E-state index in [-0.39, 0.29) is 41.4 Å². The van der Waals surface area contributed by atoms with Gasteiger partial charge in [-0.3, -0.25) is 14.5 Å². The zero-order valence-corrected chi connectivity index (χ0v) is 28.1. The van der Waals surface area contributed by atoms with E-state index in [1.165, 1.54) is 0 Å². The minimum atomic E-state index is -0.230. The van der Waals surface area contributed by atoms with Crippen LogP contribution in [-0.4, -0.2) is 92.0 Å². The van der Waals surface area contributed by atoms with Crippen molar-refractivity contribution in [2.24, 2.45) is 5.41 Å². The van der Waals surface area contributed by atoms with Crippen molar-refractivity contribution in [1.82, 2.24) is 29.3 Å². The SMILES string of the molecule is CN(C)C(=O)c1cc2cnc(Nc3ccc(N4CC5(CC4=O)CC4CCC(C5)N4C4OC4OC(C)(C)C)cn3)nc2n1C1CCCC1. The summed E-state index contributed by atoms with van der Waals surface area (Å²) in [6.07, 6.45) is 12.7. The van der Waals surface area contributed by atoms with Crippen molar-refractivity contribution in [2.45, 2.75) is 115 Å². The standard InChI is InChI=1S/C35H46N8O4/c1-34(2,3)47-32-31(46-32)42-23-10-11-24(42)16-35(15-23)17-28(44)41(20-35)25-12-13-27(36-19-25)38-33-37-18-21-14-26(30(45)40(4)5)43(29(21)39-33)22-8-6-7-9-22/h12-14,18-19,22-24,31-32H,6-11,15-17,20H2,1-5H3,(H,36,37,38,39). The molecule has 1 N–H and O–H groups in total. The van der Waals surface area contributed by atoms with Crippen LogP contribution in [0.3, 0.4) is 0 Å². The monoisotopic (exact) mass is 642 g/mol. The Morgan fingerprint density at radius 3 is 2.45 bits per heavy atom. The Morgan fingerprint density at radius 2 is 1.79 bits per heavy atom. The highest BCUT2D eigenvalue weighted by atomic mass is 16.8. The van der Waals surface area contributed by atoms with Crippen molar-refractivity contribution < 1.29 is 19.1 Å². The molecule has 4 unspecified atom stereocenters. The van der Waals surface area contributed by atoms with Crippen LogP contribution in [0.1, 0.15) is 95.1 Å². The maximum atomic E-state index is 13.4. The molecular formula is C35H46N8O4. The lowest BCUT2D eigenvalue weighted by Gasteiger charge is -2.44. The van der Waals surface area contributed by atoms with Crippen LogP contribution in [0, 0.1) is 5.41 Å². The molecule has 4 saturated heterocycles. The average Bonchev–Trinajstić information content (AvgIpc) is 3.37. The first-order valence-corrected chi connectivity index (χ1v) is 17.2. The van der Waals surface area contributed by atoms with Gasteiger partial charge in [-0.15, -0.1) is 0 Å². The Kier molecular flexibility index (Phi) is 7.34. The molecule has 1 aliphatic carbocycles. The largest absolute Gasteiger partial charge is 0.343 e. The van der Waals surface area contributed by atoms with Crippen molar-refractivity contribution in [3.8, 4) is 0 Å². The lowest BCUT2D eigenvalue weighted by atomic mass is 9.74. The first-order chi connectivity index (χ1) is 22.5. The van der Waals surface area contributed by atoms with Crippen molar-refractivity contribution in [1.29, 1.82) is 0 Å². The Morgan fingerprint density at radius 1 is 1.04 bits per heavy atom. The number of epoxide rings is 1. The number of nitrogens with one attached hydrogen (secondary N) is 1. The molecule has 0 radical (unpaired) electrons. The van der Waals surface area contributed by atoms with Gasteiger partial charge in [0.2, 0.25) is 11.9 Å². The Labute approximate surface area is 275 Å². The van der Waals surface area contributed by atoms with Crippen LogP contribution in [0.4, 0.5) is 17.5 Å². The molecular weight excluding hydrogens is 596 g/mol. The van der Waals surface area contributed by atoms with E-state index >= 15 is 0 Å². The third-order valence-electron chi connectivity index (χ3n) is 10.7. The second-order valence-electron chi connectivity index (χ2n) is 15.6. The highest BCUT2D eigenvalue weighted by Gasteiger charge is 2.60. The lowest BCUT2D eigenvalue weighted by Crippen LogP contribution is -2.50. The van der Waals surface area contributed by atoms with Crippen LogP contribution in [-0.2, 0) is 14.3 Å². The van der Waals surface area contributed by atoms with Gasteiger partial charge in [-0.2, -0.15) is 4.98 Å². The number of hydrogen-bond donors (Lipinski definition) is 1. The maximum absolute atomic E-state index is 13.4. The predicted octanol–water partition coefficient (Wildman–Crippen LogP) is 5.23. The number of nitrogens with zero attached hydrogens (tertiary/aromatic N) is 7. The van der Waals surface area contributed by atoms with Crippen LogP contribution < -0.4 is 10.2 Å². The summed E-state index contributed by atoms with van der Waals surface area (Å²) in [5.41, 5.74) is 1.98. The number of anilines is 3. The van der Waals surface area contributed by atoms with E-state index in [0.29, 0.717) is 36.0 Å². The summed E-state index contributed by atoms with van der Waals surface area (Å²) >= 11 is 0. The highest BCUT2D eigenvalue weighted by Crippen LogP contribution is 2.54. The first-order valence-electron chi connectivity index (χ1n) is 17.2. The molecule has 250 valence electrons. The summed E-state index contributed by atoms with van der Waals surface area (Å²) < 4.78 is 14.2. The number of ether oxygens (including phenoxy) is 2. The fourth-order valence-electron chi connectivity index (χ4n) is 8.76. The van der Waals surface area contributed by atoms with E-state index in [1.54, 1.807) is 31.4 Å². The van der Waals surface area contributed by atoms with Gasteiger partial charge in [0, 0.05) is 62.2 Å². The van der Waals surface area contributed by atoms with Crippen molar-refractivity contribution in [3.63, 3.8) is 0 Å². The zero-order chi connectivity index (χ0) is 32.7. The molecule has 3 aromatic rings. The van der Waals surface area contributed by atoms with E-state index in [9.17, 15) is 9.59 Å². The van der Waals surface area contributed by atoms with E-state index in [1.807, 2.05) is 23.1 Å². The normalized spacial score (nSPS) is 29.4. The number of aromatic nitrogens is 4. The van der Waals surface area contributed by atoms with Crippen LogP contribution >= 0.6 is 0 Å². The number of carbonyl (C=O) groups excluding carboxylic acids is 2. The van der Waals surface area contributed by atoms with Gasteiger partial charge in [0.25, 0.3) is 5.91 Å². The molecule has 3 aromatic heterocycles. The van der Waals surface area contributed by atoms with E-state index < -0.39 is 0 Å². The van der Waals surface area contributed by atoms with Crippen molar-refractivity contribution in [2.75, 3.05) is 30.9 Å². The van der Waals surface area contributed by atoms with Crippen LogP contribution in [0.2, 0.25) is 0 Å². The number of fused-ring (bicyclic) bond motifs is 3. The summed E-state index contributed by atoms with van der Waals surface area (Å²) in [5, 5.41) is 4.09. The second kappa shape index (κ2) is 11.2. The molecule has 7 heterocycles. The zero-order valence-electron chi connectivity index (χ0n) is 28.1. The van der Waals surface area contributed by atoms with Gasteiger partial charge in [-0.05, 0) is 77.5 Å². The smallest absolute Gasteiger partial charge is 0.270 e. The summed E-state index contributed by atoms with van der Waals surface area (Å²) in [6.45, 7) is 6.92. The average molecular weight is 643 g/mol. The summed E-state index contributed by atoms with van der Waals surface area (Å²) in [7, 11) is 3.55. The molecule has 4 aliphatic heterocycles. The van der Waals surface area contributed by atoms with E-state index in [2.05, 4.69) is 45.5 Å². The molecule has 12 nitrogen and oxygen atoms in total. The van der Waals surface area contributed by atoms with Crippen LogP contribution in [0.15, 0.2) is 30.6 Å². The van der Waals surface area contributed by atoms with Gasteiger partial charge >= 0.3 is 0 Å². The number of hydrogen-bond acceptors (Lipinski definition) is 9. The second-order valence-corrected chi connectivity index (χ2v) is 15.6. The van der Waals surface area contributed by atoms with Gasteiger partial charge in [0.1, 0.15) is 17.2 Å². The molecule has 1 spiro atoms. The molecule has 47 heavy (non-hydrogen) atoms. The van der Waals surface area contributed by atoms with E-state index in [4.69, 9.17) is 14.5 Å². The predicted molar refractivity (Wildman–Crippen MR) is 177 cm³/mol. The topological polar surface area (TPSA) is 121 Å². The number of rotatable bonds is 7. The molecule has 12 heteroatoms. The molecule has 0 aromatic carbocycles. The van der Waals surface area contributed by atoms with Gasteiger partial charge in [0.05, 0.1) is 17.5 Å². The van der Waals surface area contributed by atoms with Gasteiger partial charge in [-0.1, -0.05) is 12.8 Å². The third kappa shape index (κ3) is 5.67. The molecule has 1 saturated carbocycles. The minimum absolute atomic E-state index is 0.0179. The number of pyridine rings is 1. The highest BCUT2D eigenvalue weighted by molar-refractivity contribution is 5.98. The quantitative estimate of drug-likeness (QED) is 0.345. The fraction of sp³-hybridized carbons (Fsp3) is 0.629. The Balaban J connectivity index is 0.957. The summed E-state index contributed by atoms with van der Waals surface area (Å²) in [5.74, 6) is 1.16. The molecule has 5 aliphatic rings. The minimum Gasteiger partial charge on any atom is -0.343 e. The summed E-state index contributed by atoms with van der Waals surface area (Å²) in [4.78, 5) is 46.6. The van der Waals surface area contributed by atoms with Crippen molar-refractivity contribution in [3.05, 3.63) is 36.3 Å². The molecule has 4 atom stereocenters. The molecule has 2 amide bonds. The van der Waals surface area contributed by atoms with Crippen LogP contribution in [0.5, 0.6) is 0 Å². The van der Waals surface area contributed by atoms with E-state index in [0.717, 1.165) is 74.6 Å². The third-order valence-corrected chi connectivity index (χ3v) is 10.7. The van der Waals surface area contributed by atoms with Gasteiger partial charge < -0.3 is 29.2 Å². The molecule has 5 fully saturated rings. The molecule has 2 bridgehead atoms. The van der Waals surface area contributed by atoms with Gasteiger partial charge in [0.15, 0.2) is 12.5 Å². The number of piperidine rings is 1. The van der Waals surface area contributed by atoms with Crippen LogP contribution in [0.25, 0.3) is 11.0 Å². The maximum Gasteiger partial charge on any atom is 0.270 e. The van der Waals surface area contributed by atoms with Gasteiger partial charge in [-0.25, -0.2) is 9.97 Å².